The van der Waals surface area contributed by atoms with Gasteiger partial charge in [-0.15, -0.1) is 0 Å². The minimum atomic E-state index is 0.533. The first-order chi connectivity index (χ1) is 7.79. The van der Waals surface area contributed by atoms with Crippen LogP contribution in [0.2, 0.25) is 0 Å². The molecule has 16 heavy (non-hydrogen) atoms. The average Bonchev–Trinajstić information content (AvgIpc) is 2.73. The second-order valence-electron chi connectivity index (χ2n) is 4.27. The second-order valence-corrected chi connectivity index (χ2v) is 4.27. The highest BCUT2D eigenvalue weighted by molar-refractivity contribution is 5.74. The Hall–Kier alpha value is -1.35. The average molecular weight is 219 g/mol. The second kappa shape index (κ2) is 5.12. The molecule has 1 saturated heterocycles. The Kier molecular flexibility index (Phi) is 3.57. The topological polar surface area (TPSA) is 29.5 Å². The van der Waals surface area contributed by atoms with Crippen molar-refractivity contribution in [2.24, 2.45) is 0 Å². The van der Waals surface area contributed by atoms with Crippen LogP contribution < -0.4 is 4.74 Å². The largest absolute Gasteiger partial charge is 0.492 e. The third-order valence-corrected chi connectivity index (χ3v) is 3.13. The quantitative estimate of drug-likeness (QED) is 0.725. The number of likely N-dealkylation sites (tertiary alicyclic amines) is 1. The number of carbonyl (C=O) groups is 1. The molecule has 1 atom stereocenters. The number of nitrogens with zero attached hydrogens (tertiary/aromatic N) is 1. The van der Waals surface area contributed by atoms with Crippen molar-refractivity contribution in [1.29, 1.82) is 0 Å². The number of hydrogen-bond acceptors (Lipinski definition) is 3. The molecule has 0 saturated carbocycles. The summed E-state index contributed by atoms with van der Waals surface area (Å²) in [5.41, 5.74) is 0.685. The van der Waals surface area contributed by atoms with Gasteiger partial charge < -0.3 is 9.64 Å². The first-order valence-corrected chi connectivity index (χ1v) is 5.68. The number of benzene rings is 1. The lowest BCUT2D eigenvalue weighted by atomic mass is 10.2. The molecule has 1 aromatic rings. The number of rotatable bonds is 4. The molecule has 86 valence electrons. The van der Waals surface area contributed by atoms with Gasteiger partial charge in [-0.1, -0.05) is 0 Å². The van der Waals surface area contributed by atoms with Gasteiger partial charge in [0, 0.05) is 11.6 Å². The fourth-order valence-corrected chi connectivity index (χ4v) is 2.02. The molecule has 2 rings (SSSR count). The zero-order chi connectivity index (χ0) is 11.4. The third-order valence-electron chi connectivity index (χ3n) is 3.13. The molecule has 0 spiro atoms. The predicted octanol–water partition coefficient (Wildman–Crippen LogP) is 1.97. The molecular weight excluding hydrogens is 202 g/mol. The maximum Gasteiger partial charge on any atom is 0.150 e. The Morgan fingerprint density at radius 2 is 2.19 bits per heavy atom. The molecule has 0 aromatic heterocycles. The minimum absolute atomic E-state index is 0.533. The summed E-state index contributed by atoms with van der Waals surface area (Å²) < 4.78 is 5.70. The molecule has 0 N–H and O–H groups in total. The van der Waals surface area contributed by atoms with E-state index in [2.05, 4.69) is 11.9 Å². The van der Waals surface area contributed by atoms with Crippen molar-refractivity contribution < 1.29 is 9.53 Å². The van der Waals surface area contributed by atoms with Gasteiger partial charge in [-0.2, -0.15) is 0 Å². The van der Waals surface area contributed by atoms with Crippen LogP contribution in [-0.4, -0.2) is 37.4 Å². The van der Waals surface area contributed by atoms with Crippen LogP contribution in [0.4, 0.5) is 0 Å². The lowest BCUT2D eigenvalue weighted by molar-refractivity contribution is 0.112. The summed E-state index contributed by atoms with van der Waals surface area (Å²) in [5.74, 6) is 0.839. The van der Waals surface area contributed by atoms with Crippen molar-refractivity contribution in [3.05, 3.63) is 29.8 Å². The van der Waals surface area contributed by atoms with Crippen molar-refractivity contribution in [3.63, 3.8) is 0 Å². The third kappa shape index (κ3) is 2.61. The molecule has 0 bridgehead atoms. The Balaban J connectivity index is 1.86. The van der Waals surface area contributed by atoms with E-state index in [1.54, 1.807) is 12.1 Å². The molecule has 0 aliphatic carbocycles. The van der Waals surface area contributed by atoms with E-state index in [-0.39, 0.29) is 0 Å². The van der Waals surface area contributed by atoms with Gasteiger partial charge in [0.1, 0.15) is 18.6 Å². The number of hydrogen-bond donors (Lipinski definition) is 0. The van der Waals surface area contributed by atoms with Crippen LogP contribution in [0.3, 0.4) is 0 Å². The molecule has 0 radical (unpaired) electrons. The van der Waals surface area contributed by atoms with Crippen molar-refractivity contribution >= 4 is 6.29 Å². The molecule has 1 aliphatic rings. The van der Waals surface area contributed by atoms with Gasteiger partial charge >= 0.3 is 0 Å². The smallest absolute Gasteiger partial charge is 0.150 e. The van der Waals surface area contributed by atoms with Gasteiger partial charge in [0.2, 0.25) is 0 Å². The van der Waals surface area contributed by atoms with Gasteiger partial charge in [-0.3, -0.25) is 4.79 Å². The molecule has 3 heteroatoms. The lowest BCUT2D eigenvalue weighted by Crippen LogP contribution is -2.30. The van der Waals surface area contributed by atoms with E-state index in [4.69, 9.17) is 4.74 Å². The van der Waals surface area contributed by atoms with Crippen LogP contribution in [0.5, 0.6) is 5.75 Å². The molecular formula is C13H17NO2. The van der Waals surface area contributed by atoms with Crippen molar-refractivity contribution in [3.8, 4) is 5.75 Å². The van der Waals surface area contributed by atoms with Crippen molar-refractivity contribution in [2.45, 2.75) is 18.9 Å². The summed E-state index contributed by atoms with van der Waals surface area (Å²) in [4.78, 5) is 12.8. The Morgan fingerprint density at radius 1 is 1.44 bits per heavy atom. The molecule has 1 aromatic carbocycles. The highest BCUT2D eigenvalue weighted by Gasteiger charge is 2.21. The van der Waals surface area contributed by atoms with Gasteiger partial charge in [-0.25, -0.2) is 0 Å². The normalized spacial score (nSPS) is 20.9. The molecule has 1 heterocycles. The van der Waals surface area contributed by atoms with Gasteiger partial charge in [0.05, 0.1) is 0 Å². The summed E-state index contributed by atoms with van der Waals surface area (Å²) in [6, 6.07) is 7.78. The Bertz CT molecular complexity index is 347. The summed E-state index contributed by atoms with van der Waals surface area (Å²) in [6.07, 6.45) is 3.31. The SMILES string of the molecule is CN1CCC[C@H]1COc1ccc(C=O)cc1. The summed E-state index contributed by atoms with van der Waals surface area (Å²) in [5, 5.41) is 0. The predicted molar refractivity (Wildman–Crippen MR) is 63.0 cm³/mol. The zero-order valence-electron chi connectivity index (χ0n) is 9.56. The molecule has 0 amide bonds. The molecule has 3 nitrogen and oxygen atoms in total. The number of ether oxygens (including phenoxy) is 1. The standard InChI is InChI=1S/C13H17NO2/c1-14-8-2-3-12(14)10-16-13-6-4-11(9-15)5-7-13/h4-7,9,12H,2-3,8,10H2,1H3/t12-/m0/s1. The number of likely N-dealkylation sites (N-methyl/N-ethyl adjacent to an activating group) is 1. The van der Waals surface area contributed by atoms with E-state index >= 15 is 0 Å². The summed E-state index contributed by atoms with van der Waals surface area (Å²) >= 11 is 0. The van der Waals surface area contributed by atoms with Crippen molar-refractivity contribution in [1.82, 2.24) is 4.90 Å². The van der Waals surface area contributed by atoms with E-state index in [1.807, 2.05) is 12.1 Å². The number of carbonyl (C=O) groups excluding carboxylic acids is 1. The van der Waals surface area contributed by atoms with Crippen LogP contribution in [0.1, 0.15) is 23.2 Å². The fourth-order valence-electron chi connectivity index (χ4n) is 2.02. The zero-order valence-corrected chi connectivity index (χ0v) is 9.56. The fraction of sp³-hybridized carbons (Fsp3) is 0.462. The van der Waals surface area contributed by atoms with E-state index in [1.165, 1.54) is 12.8 Å². The maximum atomic E-state index is 10.5. The van der Waals surface area contributed by atoms with Crippen LogP contribution in [0.25, 0.3) is 0 Å². The van der Waals surface area contributed by atoms with Gasteiger partial charge in [-0.05, 0) is 50.7 Å². The molecule has 1 fully saturated rings. The van der Waals surface area contributed by atoms with E-state index in [0.29, 0.717) is 11.6 Å². The van der Waals surface area contributed by atoms with Crippen LogP contribution >= 0.6 is 0 Å². The maximum absolute atomic E-state index is 10.5. The van der Waals surface area contributed by atoms with Crippen LogP contribution in [-0.2, 0) is 0 Å². The van der Waals surface area contributed by atoms with Crippen molar-refractivity contribution in [2.75, 3.05) is 20.2 Å². The lowest BCUT2D eigenvalue weighted by Gasteiger charge is -2.19. The van der Waals surface area contributed by atoms with E-state index in [0.717, 1.165) is 25.2 Å². The Morgan fingerprint density at radius 3 is 2.75 bits per heavy atom. The van der Waals surface area contributed by atoms with Crippen LogP contribution in [0.15, 0.2) is 24.3 Å². The monoisotopic (exact) mass is 219 g/mol. The minimum Gasteiger partial charge on any atom is -0.492 e. The van der Waals surface area contributed by atoms with E-state index in [9.17, 15) is 4.79 Å². The van der Waals surface area contributed by atoms with Crippen LogP contribution in [0, 0.1) is 0 Å². The van der Waals surface area contributed by atoms with Gasteiger partial charge in [0.25, 0.3) is 0 Å². The van der Waals surface area contributed by atoms with Gasteiger partial charge in [0.15, 0.2) is 0 Å². The highest BCUT2D eigenvalue weighted by atomic mass is 16.5. The summed E-state index contributed by atoms with van der Waals surface area (Å²) in [6.45, 7) is 1.90. The molecule has 0 unspecified atom stereocenters. The Labute approximate surface area is 96.0 Å². The summed E-state index contributed by atoms with van der Waals surface area (Å²) in [7, 11) is 2.14. The van der Waals surface area contributed by atoms with E-state index < -0.39 is 0 Å². The number of aldehydes is 1. The first kappa shape index (κ1) is 11.1. The molecule has 1 aliphatic heterocycles. The first-order valence-electron chi connectivity index (χ1n) is 5.68. The highest BCUT2D eigenvalue weighted by Crippen LogP contribution is 2.17.